The monoisotopic (exact) mass is 295 g/mol. The van der Waals surface area contributed by atoms with E-state index in [9.17, 15) is 4.79 Å². The van der Waals surface area contributed by atoms with Gasteiger partial charge in [0, 0.05) is 30.1 Å². The summed E-state index contributed by atoms with van der Waals surface area (Å²) in [5.41, 5.74) is 1.60. The van der Waals surface area contributed by atoms with Gasteiger partial charge in [-0.3, -0.25) is 4.79 Å². The fraction of sp³-hybridized carbons (Fsp3) is 0.600. The molecule has 0 aliphatic rings. The smallest absolute Gasteiger partial charge is 0.251 e. The van der Waals surface area contributed by atoms with Crippen LogP contribution in [-0.4, -0.2) is 36.0 Å². The number of hydrogen-bond donors (Lipinski definition) is 2. The summed E-state index contributed by atoms with van der Waals surface area (Å²) < 4.78 is 0. The molecule has 0 fully saturated rings. The molecule has 1 rings (SSSR count). The average molecular weight is 295 g/mol. The van der Waals surface area contributed by atoms with E-state index in [1.807, 2.05) is 13.1 Å². The first kappa shape index (κ1) is 16.8. The lowest BCUT2D eigenvalue weighted by Gasteiger charge is -2.17. The molecule has 0 aromatic carbocycles. The Morgan fingerprint density at radius 3 is 2.60 bits per heavy atom. The summed E-state index contributed by atoms with van der Waals surface area (Å²) in [5.74, 6) is 1.94. The van der Waals surface area contributed by atoms with E-state index in [0.29, 0.717) is 11.5 Å². The highest BCUT2D eigenvalue weighted by Gasteiger charge is 2.14. The van der Waals surface area contributed by atoms with Gasteiger partial charge in [-0.25, -0.2) is 4.98 Å². The lowest BCUT2D eigenvalue weighted by molar-refractivity contribution is 0.0940. The van der Waals surface area contributed by atoms with Crippen molar-refractivity contribution in [1.82, 2.24) is 10.3 Å². The van der Waals surface area contributed by atoms with Gasteiger partial charge in [0.05, 0.1) is 0 Å². The molecule has 1 aromatic heterocycles. The maximum atomic E-state index is 12.4. The number of carbonyl (C=O) groups is 1. The standard InChI is InChI=1S/C15H25N3OS/c1-6-12(9-20-5)17-15(19)11-7-13(10(2)3)18-14(8-11)16-4/h7-8,10,12H,6,9H2,1-5H3,(H,16,18)(H,17,19). The van der Waals surface area contributed by atoms with Gasteiger partial charge in [0.25, 0.3) is 5.91 Å². The number of rotatable bonds is 7. The van der Waals surface area contributed by atoms with E-state index in [1.54, 1.807) is 17.8 Å². The number of amides is 1. The third-order valence-electron chi connectivity index (χ3n) is 3.15. The lowest BCUT2D eigenvalue weighted by atomic mass is 10.1. The van der Waals surface area contributed by atoms with Crippen LogP contribution in [0.1, 0.15) is 49.2 Å². The van der Waals surface area contributed by atoms with Gasteiger partial charge < -0.3 is 10.6 Å². The van der Waals surface area contributed by atoms with Crippen LogP contribution in [0.2, 0.25) is 0 Å². The molecule has 1 heterocycles. The van der Waals surface area contributed by atoms with Gasteiger partial charge in [0.1, 0.15) is 5.82 Å². The number of pyridine rings is 1. The van der Waals surface area contributed by atoms with E-state index in [4.69, 9.17) is 0 Å². The first-order valence-electron chi connectivity index (χ1n) is 7.01. The van der Waals surface area contributed by atoms with E-state index in [0.717, 1.165) is 23.7 Å². The SMILES string of the molecule is CCC(CSC)NC(=O)c1cc(NC)nc(C(C)C)c1. The second kappa shape index (κ2) is 8.15. The molecule has 112 valence electrons. The topological polar surface area (TPSA) is 54.0 Å². The summed E-state index contributed by atoms with van der Waals surface area (Å²) in [6, 6.07) is 3.89. The summed E-state index contributed by atoms with van der Waals surface area (Å²) in [7, 11) is 1.82. The molecular weight excluding hydrogens is 270 g/mol. The number of aromatic nitrogens is 1. The Labute approximate surface area is 126 Å². The Kier molecular flexibility index (Phi) is 6.85. The van der Waals surface area contributed by atoms with Gasteiger partial charge in [-0.05, 0) is 30.7 Å². The zero-order chi connectivity index (χ0) is 15.1. The summed E-state index contributed by atoms with van der Waals surface area (Å²) in [5, 5.41) is 6.10. The van der Waals surface area contributed by atoms with Crippen LogP contribution in [0.5, 0.6) is 0 Å². The Morgan fingerprint density at radius 2 is 2.10 bits per heavy atom. The van der Waals surface area contributed by atoms with E-state index >= 15 is 0 Å². The van der Waals surface area contributed by atoms with Crippen LogP contribution in [0, 0.1) is 0 Å². The van der Waals surface area contributed by atoms with Crippen molar-refractivity contribution < 1.29 is 4.79 Å². The van der Waals surface area contributed by atoms with Gasteiger partial charge in [-0.15, -0.1) is 0 Å². The summed E-state index contributed by atoms with van der Waals surface area (Å²) >= 11 is 1.75. The molecule has 0 aliphatic heterocycles. The summed E-state index contributed by atoms with van der Waals surface area (Å²) in [6.07, 6.45) is 2.99. The maximum Gasteiger partial charge on any atom is 0.251 e. The van der Waals surface area contributed by atoms with Gasteiger partial charge in [-0.2, -0.15) is 11.8 Å². The van der Waals surface area contributed by atoms with Crippen LogP contribution in [0.3, 0.4) is 0 Å². The number of carbonyl (C=O) groups excluding carboxylic acids is 1. The predicted molar refractivity (Wildman–Crippen MR) is 87.8 cm³/mol. The molecule has 2 N–H and O–H groups in total. The number of nitrogens with one attached hydrogen (secondary N) is 2. The van der Waals surface area contributed by atoms with Crippen molar-refractivity contribution in [1.29, 1.82) is 0 Å². The molecule has 1 unspecified atom stereocenters. The fourth-order valence-corrected chi connectivity index (χ4v) is 2.56. The van der Waals surface area contributed by atoms with Crippen LogP contribution in [0.15, 0.2) is 12.1 Å². The highest BCUT2D eigenvalue weighted by Crippen LogP contribution is 2.17. The quantitative estimate of drug-likeness (QED) is 0.811. The number of nitrogens with zero attached hydrogens (tertiary/aromatic N) is 1. The Hall–Kier alpha value is -1.23. The van der Waals surface area contributed by atoms with Crippen molar-refractivity contribution in [3.8, 4) is 0 Å². The zero-order valence-electron chi connectivity index (χ0n) is 13.0. The van der Waals surface area contributed by atoms with Gasteiger partial charge in [0.2, 0.25) is 0 Å². The number of anilines is 1. The third kappa shape index (κ3) is 4.71. The zero-order valence-corrected chi connectivity index (χ0v) is 13.8. The van der Waals surface area contributed by atoms with E-state index in [-0.39, 0.29) is 11.9 Å². The van der Waals surface area contributed by atoms with Crippen molar-refractivity contribution in [3.63, 3.8) is 0 Å². The van der Waals surface area contributed by atoms with Crippen LogP contribution < -0.4 is 10.6 Å². The highest BCUT2D eigenvalue weighted by molar-refractivity contribution is 7.98. The minimum absolute atomic E-state index is 0.0216. The van der Waals surface area contributed by atoms with Crippen molar-refractivity contribution in [2.45, 2.75) is 39.2 Å². The average Bonchev–Trinajstić information content (AvgIpc) is 2.45. The van der Waals surface area contributed by atoms with Crippen LogP contribution in [-0.2, 0) is 0 Å². The lowest BCUT2D eigenvalue weighted by Crippen LogP contribution is -2.36. The molecule has 0 saturated carbocycles. The Balaban J connectivity index is 2.93. The van der Waals surface area contributed by atoms with Crippen LogP contribution in [0.25, 0.3) is 0 Å². The minimum Gasteiger partial charge on any atom is -0.373 e. The summed E-state index contributed by atoms with van der Waals surface area (Å²) in [6.45, 7) is 6.24. The Morgan fingerprint density at radius 1 is 1.40 bits per heavy atom. The predicted octanol–water partition coefficient (Wildman–Crippen LogP) is 3.12. The third-order valence-corrected chi connectivity index (χ3v) is 3.89. The number of thioether (sulfide) groups is 1. The molecule has 0 bridgehead atoms. The molecule has 20 heavy (non-hydrogen) atoms. The molecule has 1 aromatic rings. The van der Waals surface area contributed by atoms with Crippen molar-refractivity contribution >= 4 is 23.5 Å². The van der Waals surface area contributed by atoms with E-state index in [2.05, 4.69) is 42.6 Å². The molecule has 0 spiro atoms. The second-order valence-corrected chi connectivity index (χ2v) is 6.02. The normalized spacial score (nSPS) is 12.3. The highest BCUT2D eigenvalue weighted by atomic mass is 32.2. The molecule has 0 saturated heterocycles. The molecule has 0 aliphatic carbocycles. The van der Waals surface area contributed by atoms with Crippen molar-refractivity contribution in [2.24, 2.45) is 0 Å². The largest absolute Gasteiger partial charge is 0.373 e. The van der Waals surface area contributed by atoms with Crippen molar-refractivity contribution in [2.75, 3.05) is 24.4 Å². The van der Waals surface area contributed by atoms with Crippen LogP contribution >= 0.6 is 11.8 Å². The summed E-state index contributed by atoms with van der Waals surface area (Å²) in [4.78, 5) is 16.8. The van der Waals surface area contributed by atoms with Gasteiger partial charge in [-0.1, -0.05) is 20.8 Å². The molecule has 4 nitrogen and oxygen atoms in total. The molecule has 1 amide bonds. The molecule has 1 atom stereocenters. The van der Waals surface area contributed by atoms with Gasteiger partial charge in [0.15, 0.2) is 0 Å². The van der Waals surface area contributed by atoms with Gasteiger partial charge >= 0.3 is 0 Å². The molecule has 0 radical (unpaired) electrons. The first-order valence-corrected chi connectivity index (χ1v) is 8.40. The van der Waals surface area contributed by atoms with E-state index < -0.39 is 0 Å². The fourth-order valence-electron chi connectivity index (χ4n) is 1.84. The Bertz CT molecular complexity index is 449. The molecular formula is C15H25N3OS. The van der Waals surface area contributed by atoms with Crippen molar-refractivity contribution in [3.05, 3.63) is 23.4 Å². The minimum atomic E-state index is -0.0216. The second-order valence-electron chi connectivity index (χ2n) is 5.10. The molecule has 5 heteroatoms. The maximum absolute atomic E-state index is 12.4. The van der Waals surface area contributed by atoms with Crippen LogP contribution in [0.4, 0.5) is 5.82 Å². The number of hydrogen-bond acceptors (Lipinski definition) is 4. The first-order chi connectivity index (χ1) is 9.51. The van der Waals surface area contributed by atoms with E-state index in [1.165, 1.54) is 0 Å².